The number of hydrogen-bond donors (Lipinski definition) is 1. The molecule has 0 aromatic heterocycles. The highest BCUT2D eigenvalue weighted by Crippen LogP contribution is 2.23. The molecule has 0 saturated heterocycles. The van der Waals surface area contributed by atoms with Gasteiger partial charge in [0.15, 0.2) is 0 Å². The molecule has 0 fully saturated rings. The number of nitriles is 1. The van der Waals surface area contributed by atoms with Crippen LogP contribution >= 0.6 is 0 Å². The topological polar surface area (TPSA) is 66.9 Å². The smallest absolute Gasteiger partial charge is 0.124 e. The van der Waals surface area contributed by atoms with E-state index in [-0.39, 0.29) is 0 Å². The van der Waals surface area contributed by atoms with E-state index in [2.05, 4.69) is 6.07 Å². The highest BCUT2D eigenvalue weighted by Gasteiger charge is 2.19. The van der Waals surface area contributed by atoms with Crippen LogP contribution in [0.4, 0.5) is 10.1 Å². The van der Waals surface area contributed by atoms with Gasteiger partial charge in [0.2, 0.25) is 0 Å². The predicted molar refractivity (Wildman–Crippen MR) is 66.1 cm³/mol. The van der Waals surface area contributed by atoms with Crippen molar-refractivity contribution < 1.29 is 8.60 Å². The van der Waals surface area contributed by atoms with E-state index in [1.165, 1.54) is 18.2 Å². The molecule has 0 aliphatic rings. The third-order valence-electron chi connectivity index (χ3n) is 2.44. The first-order chi connectivity index (χ1) is 7.85. The molecule has 0 spiro atoms. The third-order valence-corrected chi connectivity index (χ3v) is 3.86. The van der Waals surface area contributed by atoms with Gasteiger partial charge >= 0.3 is 0 Å². The molecule has 1 rings (SSSR count). The molecular weight excluding hydrogens is 239 g/mol. The summed E-state index contributed by atoms with van der Waals surface area (Å²) in [5.74, 6) is -0.157. The van der Waals surface area contributed by atoms with Gasteiger partial charge in [0.1, 0.15) is 5.82 Å². The molecule has 1 unspecified atom stereocenters. The van der Waals surface area contributed by atoms with Gasteiger partial charge in [-0.2, -0.15) is 5.26 Å². The van der Waals surface area contributed by atoms with E-state index in [9.17, 15) is 8.60 Å². The fraction of sp³-hybridized carbons (Fsp3) is 0.417. The van der Waals surface area contributed by atoms with Crippen LogP contribution in [-0.2, 0) is 10.8 Å². The molecule has 0 bridgehead atoms. The highest BCUT2D eigenvalue weighted by atomic mass is 32.2. The summed E-state index contributed by atoms with van der Waals surface area (Å²) >= 11 is 0. The van der Waals surface area contributed by atoms with Crippen LogP contribution in [0.15, 0.2) is 23.1 Å². The zero-order valence-electron chi connectivity index (χ0n) is 9.87. The van der Waals surface area contributed by atoms with Crippen molar-refractivity contribution in [1.29, 1.82) is 5.26 Å². The second-order valence-electron chi connectivity index (χ2n) is 4.48. The van der Waals surface area contributed by atoms with E-state index in [1.807, 2.05) is 0 Å². The Labute approximate surface area is 103 Å². The van der Waals surface area contributed by atoms with Crippen molar-refractivity contribution in [2.45, 2.75) is 25.2 Å². The predicted octanol–water partition coefficient (Wildman–Crippen LogP) is 2.46. The number of rotatable bonds is 4. The molecule has 3 nitrogen and oxygen atoms in total. The van der Waals surface area contributed by atoms with E-state index < -0.39 is 22.0 Å². The first kappa shape index (κ1) is 13.7. The summed E-state index contributed by atoms with van der Waals surface area (Å²) in [4.78, 5) is 0.304. The van der Waals surface area contributed by atoms with E-state index in [0.29, 0.717) is 22.8 Å². The Hall–Kier alpha value is -1.41. The molecule has 0 saturated carbocycles. The van der Waals surface area contributed by atoms with Gasteiger partial charge in [0, 0.05) is 11.4 Å². The third kappa shape index (κ3) is 3.82. The van der Waals surface area contributed by atoms with Crippen LogP contribution in [-0.4, -0.2) is 9.96 Å². The van der Waals surface area contributed by atoms with Gasteiger partial charge in [0.05, 0.1) is 27.2 Å². The van der Waals surface area contributed by atoms with Crippen molar-refractivity contribution in [2.75, 3.05) is 11.5 Å². The van der Waals surface area contributed by atoms with Crippen molar-refractivity contribution in [2.24, 2.45) is 5.41 Å². The van der Waals surface area contributed by atoms with Gasteiger partial charge in [-0.25, -0.2) is 4.39 Å². The largest absolute Gasteiger partial charge is 0.398 e. The van der Waals surface area contributed by atoms with Gasteiger partial charge in [-0.15, -0.1) is 0 Å². The standard InChI is InChI=1S/C12H15FN2OS/c1-12(2,8-14)5-6-17(16)11-7-9(13)3-4-10(11)15/h3-4,7H,5-6,15H2,1-2H3. The Morgan fingerprint density at radius 1 is 1.53 bits per heavy atom. The normalized spacial score (nSPS) is 13.1. The Bertz CT molecular complexity index is 480. The maximum atomic E-state index is 13.0. The first-order valence-electron chi connectivity index (χ1n) is 5.20. The zero-order chi connectivity index (χ0) is 13.1. The van der Waals surface area contributed by atoms with Crippen LogP contribution in [0.25, 0.3) is 0 Å². The average molecular weight is 254 g/mol. The molecule has 5 heteroatoms. The summed E-state index contributed by atoms with van der Waals surface area (Å²) in [5.41, 5.74) is 5.43. The number of nitrogens with zero attached hydrogens (tertiary/aromatic N) is 1. The summed E-state index contributed by atoms with van der Waals surface area (Å²) in [6, 6.07) is 5.95. The maximum absolute atomic E-state index is 13.0. The zero-order valence-corrected chi connectivity index (χ0v) is 10.7. The van der Waals surface area contributed by atoms with Crippen LogP contribution in [0.2, 0.25) is 0 Å². The van der Waals surface area contributed by atoms with Crippen molar-refractivity contribution >= 4 is 16.5 Å². The summed E-state index contributed by atoms with van der Waals surface area (Å²) < 4.78 is 24.9. The molecule has 1 atom stereocenters. The van der Waals surface area contributed by atoms with Crippen LogP contribution in [0.5, 0.6) is 0 Å². The summed E-state index contributed by atoms with van der Waals surface area (Å²) in [7, 11) is -1.37. The number of hydrogen-bond acceptors (Lipinski definition) is 3. The molecule has 0 aliphatic carbocycles. The van der Waals surface area contributed by atoms with Crippen LogP contribution in [0.1, 0.15) is 20.3 Å². The minimum absolute atomic E-state index is 0.300. The number of anilines is 1. The van der Waals surface area contributed by atoms with Crippen LogP contribution < -0.4 is 5.73 Å². The van der Waals surface area contributed by atoms with Gasteiger partial charge in [-0.3, -0.25) is 4.21 Å². The van der Waals surface area contributed by atoms with E-state index in [4.69, 9.17) is 11.0 Å². The average Bonchev–Trinajstić information content (AvgIpc) is 2.29. The summed E-state index contributed by atoms with van der Waals surface area (Å²) in [6.07, 6.45) is 0.478. The number of halogens is 1. The Morgan fingerprint density at radius 3 is 2.76 bits per heavy atom. The minimum Gasteiger partial charge on any atom is -0.398 e. The van der Waals surface area contributed by atoms with Gasteiger partial charge in [0.25, 0.3) is 0 Å². The van der Waals surface area contributed by atoms with Crippen molar-refractivity contribution in [3.63, 3.8) is 0 Å². The van der Waals surface area contributed by atoms with Crippen molar-refractivity contribution in [1.82, 2.24) is 0 Å². The highest BCUT2D eigenvalue weighted by molar-refractivity contribution is 7.85. The van der Waals surface area contributed by atoms with E-state index in [1.54, 1.807) is 13.8 Å². The van der Waals surface area contributed by atoms with Crippen molar-refractivity contribution in [3.8, 4) is 6.07 Å². The van der Waals surface area contributed by atoms with Crippen LogP contribution in [0, 0.1) is 22.6 Å². The molecule has 92 valence electrons. The van der Waals surface area contributed by atoms with Crippen LogP contribution in [0.3, 0.4) is 0 Å². The van der Waals surface area contributed by atoms with E-state index >= 15 is 0 Å². The molecule has 0 aliphatic heterocycles. The number of nitrogens with two attached hydrogens (primary N) is 1. The Balaban J connectivity index is 2.78. The molecular formula is C12H15FN2OS. The minimum atomic E-state index is -1.37. The monoisotopic (exact) mass is 254 g/mol. The lowest BCUT2D eigenvalue weighted by atomic mass is 9.93. The fourth-order valence-corrected chi connectivity index (χ4v) is 2.71. The second-order valence-corrected chi connectivity index (χ2v) is 6.02. The lowest BCUT2D eigenvalue weighted by molar-refractivity contribution is 0.479. The summed E-state index contributed by atoms with van der Waals surface area (Å²) in [5, 5.41) is 8.84. The lowest BCUT2D eigenvalue weighted by Crippen LogP contribution is -2.13. The molecule has 0 amide bonds. The SMILES string of the molecule is CC(C)(C#N)CCS(=O)c1cc(F)ccc1N. The Kier molecular flexibility index (Phi) is 4.24. The number of benzene rings is 1. The van der Waals surface area contributed by atoms with Gasteiger partial charge in [-0.1, -0.05) is 0 Å². The number of nitrogen functional groups attached to an aromatic ring is 1. The fourth-order valence-electron chi connectivity index (χ4n) is 1.22. The molecule has 1 aromatic rings. The molecule has 1 aromatic carbocycles. The van der Waals surface area contributed by atoms with Crippen molar-refractivity contribution in [3.05, 3.63) is 24.0 Å². The van der Waals surface area contributed by atoms with E-state index in [0.717, 1.165) is 0 Å². The molecule has 0 radical (unpaired) electrons. The lowest BCUT2D eigenvalue weighted by Gasteiger charge is -2.14. The maximum Gasteiger partial charge on any atom is 0.124 e. The second kappa shape index (κ2) is 5.28. The molecule has 17 heavy (non-hydrogen) atoms. The summed E-state index contributed by atoms with van der Waals surface area (Å²) in [6.45, 7) is 3.55. The quantitative estimate of drug-likeness (QED) is 0.839. The molecule has 0 heterocycles. The first-order valence-corrected chi connectivity index (χ1v) is 6.52. The van der Waals surface area contributed by atoms with Gasteiger partial charge in [-0.05, 0) is 38.5 Å². The Morgan fingerprint density at radius 2 is 2.18 bits per heavy atom. The molecule has 2 N–H and O–H groups in total. The van der Waals surface area contributed by atoms with Gasteiger partial charge < -0.3 is 5.73 Å².